The van der Waals surface area contributed by atoms with Gasteiger partial charge in [0.15, 0.2) is 5.60 Å². The quantitative estimate of drug-likeness (QED) is 0.632. The molecule has 2 unspecified atom stereocenters. The molecule has 2 aromatic rings. The number of carbonyl (C=O) groups excluding carboxylic acids is 2. The van der Waals surface area contributed by atoms with Gasteiger partial charge in [-0.3, -0.25) is 4.79 Å². The summed E-state index contributed by atoms with van der Waals surface area (Å²) in [4.78, 5) is 39.7. The number of fused-ring (bicyclic) bond motifs is 3. The van der Waals surface area contributed by atoms with Crippen LogP contribution in [-0.2, 0) is 19.1 Å². The number of hydrogen-bond acceptors (Lipinski definition) is 5. The number of carboxylic acids is 1. The first-order valence-electron chi connectivity index (χ1n) is 12.0. The zero-order valence-electron chi connectivity index (χ0n) is 20.0. The summed E-state index contributed by atoms with van der Waals surface area (Å²) in [5.74, 6) is -1.48. The summed E-state index contributed by atoms with van der Waals surface area (Å²) in [6.07, 6.45) is 1.18. The molecule has 35 heavy (non-hydrogen) atoms. The molecular weight excluding hydrogens is 448 g/mol. The smallest absolute Gasteiger partial charge is 0.408 e. The predicted octanol–water partition coefficient (Wildman–Crippen LogP) is 3.40. The van der Waals surface area contributed by atoms with E-state index in [4.69, 9.17) is 9.47 Å². The number of likely N-dealkylation sites (tertiary alicyclic amines) is 1. The lowest BCUT2D eigenvalue weighted by Crippen LogP contribution is -2.60. The minimum absolute atomic E-state index is 0.0159. The molecule has 0 aromatic heterocycles. The predicted molar refractivity (Wildman–Crippen MR) is 128 cm³/mol. The third kappa shape index (κ3) is 3.95. The van der Waals surface area contributed by atoms with Gasteiger partial charge in [0.25, 0.3) is 0 Å². The van der Waals surface area contributed by atoms with E-state index in [0.717, 1.165) is 35.1 Å². The van der Waals surface area contributed by atoms with Crippen molar-refractivity contribution >= 4 is 18.0 Å². The summed E-state index contributed by atoms with van der Waals surface area (Å²) in [6, 6.07) is 16.2. The Morgan fingerprint density at radius 3 is 2.20 bits per heavy atom. The normalized spacial score (nSPS) is 22.7. The molecule has 8 nitrogen and oxygen atoms in total. The van der Waals surface area contributed by atoms with E-state index < -0.39 is 23.2 Å². The second kappa shape index (κ2) is 8.68. The Hall–Kier alpha value is -3.39. The number of benzene rings is 2. The SMILES string of the molecule is COC1(C(=O)O)CCN(C(=O)C(C)(NC(=O)OCC2c3ccccc3-c3ccccc32)C2CC2)C1. The average molecular weight is 479 g/mol. The lowest BCUT2D eigenvalue weighted by Gasteiger charge is -2.34. The molecule has 2 atom stereocenters. The topological polar surface area (TPSA) is 105 Å². The van der Waals surface area contributed by atoms with Gasteiger partial charge in [0, 0.05) is 26.0 Å². The number of methoxy groups -OCH3 is 1. The number of amides is 2. The van der Waals surface area contributed by atoms with E-state index in [1.807, 2.05) is 24.3 Å². The van der Waals surface area contributed by atoms with Gasteiger partial charge in [0.1, 0.15) is 12.1 Å². The standard InChI is InChI=1S/C27H30N2O6/c1-26(17-11-12-17,23(30)29-14-13-27(16-29,34-2)24(31)32)28-25(33)35-15-22-20-9-5-3-7-18(20)19-8-4-6-10-21(19)22/h3-10,17,22H,11-16H2,1-2H3,(H,28,33)(H,31,32). The summed E-state index contributed by atoms with van der Waals surface area (Å²) >= 11 is 0. The zero-order valence-corrected chi connectivity index (χ0v) is 20.0. The third-order valence-electron chi connectivity index (χ3n) is 7.84. The van der Waals surface area contributed by atoms with E-state index in [2.05, 4.69) is 29.6 Å². The van der Waals surface area contributed by atoms with Crippen LogP contribution in [-0.4, -0.2) is 65.9 Å². The second-order valence-electron chi connectivity index (χ2n) is 9.91. The Balaban J connectivity index is 1.28. The second-order valence-corrected chi connectivity index (χ2v) is 9.91. The van der Waals surface area contributed by atoms with Gasteiger partial charge in [0.05, 0.1) is 6.54 Å². The van der Waals surface area contributed by atoms with Crippen molar-refractivity contribution in [1.82, 2.24) is 10.2 Å². The number of carboxylic acid groups (broad SMARTS) is 1. The van der Waals surface area contributed by atoms with Crippen molar-refractivity contribution in [2.75, 3.05) is 26.8 Å². The highest BCUT2D eigenvalue weighted by Gasteiger charge is 2.54. The van der Waals surface area contributed by atoms with Crippen LogP contribution in [0.25, 0.3) is 11.1 Å². The van der Waals surface area contributed by atoms with Gasteiger partial charge in [-0.15, -0.1) is 0 Å². The molecule has 2 aliphatic carbocycles. The molecule has 0 bridgehead atoms. The number of rotatable bonds is 7. The van der Waals surface area contributed by atoms with Crippen molar-refractivity contribution in [2.45, 2.75) is 43.2 Å². The summed E-state index contributed by atoms with van der Waals surface area (Å²) in [6.45, 7) is 2.08. The van der Waals surface area contributed by atoms with Gasteiger partial charge >= 0.3 is 12.1 Å². The van der Waals surface area contributed by atoms with Crippen LogP contribution in [0.1, 0.15) is 43.2 Å². The Labute approximate surface area is 204 Å². The lowest BCUT2D eigenvalue weighted by molar-refractivity contribution is -0.161. The zero-order chi connectivity index (χ0) is 24.8. The van der Waals surface area contributed by atoms with Crippen LogP contribution in [0.15, 0.2) is 48.5 Å². The Bertz CT molecular complexity index is 1130. The van der Waals surface area contributed by atoms with Crippen LogP contribution in [0.3, 0.4) is 0 Å². The Kier molecular flexibility index (Phi) is 5.79. The van der Waals surface area contributed by atoms with Crippen molar-refractivity contribution in [2.24, 2.45) is 5.92 Å². The van der Waals surface area contributed by atoms with Gasteiger partial charge in [-0.05, 0) is 47.9 Å². The van der Waals surface area contributed by atoms with Crippen molar-refractivity contribution in [1.29, 1.82) is 0 Å². The van der Waals surface area contributed by atoms with E-state index in [9.17, 15) is 19.5 Å². The van der Waals surface area contributed by atoms with E-state index in [0.29, 0.717) is 0 Å². The number of carbonyl (C=O) groups is 3. The molecule has 2 amide bonds. The molecule has 3 aliphatic rings. The molecule has 2 fully saturated rings. The first-order chi connectivity index (χ1) is 16.8. The molecule has 1 saturated heterocycles. The van der Waals surface area contributed by atoms with Gasteiger partial charge in [0.2, 0.25) is 5.91 Å². The Morgan fingerprint density at radius 2 is 1.69 bits per heavy atom. The fraction of sp³-hybridized carbons (Fsp3) is 0.444. The molecule has 1 aliphatic heterocycles. The highest BCUT2D eigenvalue weighted by Crippen LogP contribution is 2.45. The van der Waals surface area contributed by atoms with E-state index in [1.54, 1.807) is 6.92 Å². The number of ether oxygens (including phenoxy) is 2. The maximum Gasteiger partial charge on any atom is 0.408 e. The third-order valence-corrected chi connectivity index (χ3v) is 7.84. The number of hydrogen-bond donors (Lipinski definition) is 2. The van der Waals surface area contributed by atoms with E-state index in [-0.39, 0.29) is 43.9 Å². The van der Waals surface area contributed by atoms with Crippen LogP contribution in [0, 0.1) is 5.92 Å². The van der Waals surface area contributed by atoms with Crippen LogP contribution in [0.4, 0.5) is 4.79 Å². The van der Waals surface area contributed by atoms with Crippen molar-refractivity contribution < 1.29 is 29.0 Å². The van der Waals surface area contributed by atoms with Gasteiger partial charge in [-0.25, -0.2) is 9.59 Å². The molecule has 1 saturated carbocycles. The summed E-state index contributed by atoms with van der Waals surface area (Å²) in [7, 11) is 1.34. The molecule has 2 N–H and O–H groups in total. The van der Waals surface area contributed by atoms with Crippen molar-refractivity contribution in [3.63, 3.8) is 0 Å². The molecule has 5 rings (SSSR count). The number of aliphatic carboxylic acids is 1. The minimum Gasteiger partial charge on any atom is -0.479 e. The summed E-state index contributed by atoms with van der Waals surface area (Å²) < 4.78 is 10.9. The minimum atomic E-state index is -1.41. The van der Waals surface area contributed by atoms with Crippen molar-refractivity contribution in [3.8, 4) is 11.1 Å². The van der Waals surface area contributed by atoms with Gasteiger partial charge in [-0.1, -0.05) is 48.5 Å². The maximum atomic E-state index is 13.5. The molecule has 184 valence electrons. The first kappa shape index (κ1) is 23.4. The van der Waals surface area contributed by atoms with Gasteiger partial charge < -0.3 is 24.8 Å². The first-order valence-corrected chi connectivity index (χ1v) is 12.0. The highest BCUT2D eigenvalue weighted by molar-refractivity contribution is 5.92. The summed E-state index contributed by atoms with van der Waals surface area (Å²) in [5, 5.41) is 12.4. The molecule has 0 radical (unpaired) electrons. The largest absolute Gasteiger partial charge is 0.479 e. The fourth-order valence-corrected chi connectivity index (χ4v) is 5.55. The highest BCUT2D eigenvalue weighted by atomic mass is 16.5. The van der Waals surface area contributed by atoms with Crippen LogP contribution in [0.2, 0.25) is 0 Å². The van der Waals surface area contributed by atoms with Gasteiger partial charge in [-0.2, -0.15) is 0 Å². The van der Waals surface area contributed by atoms with E-state index in [1.165, 1.54) is 12.0 Å². The molecule has 2 aromatic carbocycles. The maximum absolute atomic E-state index is 13.5. The monoisotopic (exact) mass is 478 g/mol. The summed E-state index contributed by atoms with van der Waals surface area (Å²) in [5.41, 5.74) is 1.94. The number of nitrogens with one attached hydrogen (secondary N) is 1. The van der Waals surface area contributed by atoms with Crippen molar-refractivity contribution in [3.05, 3.63) is 59.7 Å². The van der Waals surface area contributed by atoms with E-state index >= 15 is 0 Å². The molecular formula is C27H30N2O6. The lowest BCUT2D eigenvalue weighted by atomic mass is 9.94. The average Bonchev–Trinajstić information content (AvgIpc) is 3.55. The van der Waals surface area contributed by atoms with Crippen LogP contribution >= 0.6 is 0 Å². The van der Waals surface area contributed by atoms with Crippen LogP contribution < -0.4 is 5.32 Å². The number of alkyl carbamates (subject to hydrolysis) is 1. The molecule has 0 spiro atoms. The number of nitrogens with zero attached hydrogens (tertiary/aromatic N) is 1. The fourth-order valence-electron chi connectivity index (χ4n) is 5.55. The molecule has 1 heterocycles. The molecule has 8 heteroatoms. The van der Waals surface area contributed by atoms with Crippen LogP contribution in [0.5, 0.6) is 0 Å². The Morgan fingerprint density at radius 1 is 1.09 bits per heavy atom.